The third-order valence-corrected chi connectivity index (χ3v) is 4.92. The van der Waals surface area contributed by atoms with E-state index in [-0.39, 0.29) is 0 Å². The van der Waals surface area contributed by atoms with Gasteiger partial charge in [0.15, 0.2) is 11.5 Å². The monoisotopic (exact) mass is 340 g/mol. The maximum absolute atomic E-state index is 5.85. The van der Waals surface area contributed by atoms with Crippen LogP contribution in [0.2, 0.25) is 0 Å². The molecule has 0 radical (unpaired) electrons. The first-order valence-corrected chi connectivity index (χ1v) is 8.96. The van der Waals surface area contributed by atoms with Crippen molar-refractivity contribution in [2.45, 2.75) is 31.8 Å². The average molecular weight is 340 g/mol. The third-order valence-electron chi connectivity index (χ3n) is 4.92. The number of fused-ring (bicyclic) bond motifs is 1. The maximum atomic E-state index is 5.85. The highest BCUT2D eigenvalue weighted by Crippen LogP contribution is 2.39. The minimum absolute atomic E-state index is 0.363. The smallest absolute Gasteiger partial charge is 0.164 e. The normalized spacial score (nSPS) is 20.3. The van der Waals surface area contributed by atoms with Gasteiger partial charge in [0.05, 0.1) is 32.1 Å². The molecule has 1 aromatic carbocycles. The van der Waals surface area contributed by atoms with Crippen LogP contribution in [0, 0.1) is 0 Å². The summed E-state index contributed by atoms with van der Waals surface area (Å²) in [5.74, 6) is 2.46. The second-order valence-electron chi connectivity index (χ2n) is 6.54. The van der Waals surface area contributed by atoms with Crippen LogP contribution in [-0.2, 0) is 6.54 Å². The average Bonchev–Trinajstić information content (AvgIpc) is 2.99. The van der Waals surface area contributed by atoms with E-state index in [9.17, 15) is 0 Å². The van der Waals surface area contributed by atoms with Gasteiger partial charge >= 0.3 is 0 Å². The van der Waals surface area contributed by atoms with Crippen molar-refractivity contribution in [2.24, 2.45) is 0 Å². The van der Waals surface area contributed by atoms with E-state index in [2.05, 4.69) is 28.1 Å². The molecule has 3 heterocycles. The summed E-state index contributed by atoms with van der Waals surface area (Å²) >= 11 is 0. The van der Waals surface area contributed by atoms with Gasteiger partial charge in [0.25, 0.3) is 0 Å². The zero-order valence-electron chi connectivity index (χ0n) is 14.6. The van der Waals surface area contributed by atoms with E-state index in [4.69, 9.17) is 14.2 Å². The Morgan fingerprint density at radius 1 is 1.16 bits per heavy atom. The summed E-state index contributed by atoms with van der Waals surface area (Å²) in [5, 5.41) is 0. The van der Waals surface area contributed by atoms with Crippen LogP contribution < -0.4 is 14.2 Å². The molecule has 0 aliphatic carbocycles. The van der Waals surface area contributed by atoms with Gasteiger partial charge in [0.1, 0.15) is 5.75 Å². The topological polar surface area (TPSA) is 43.8 Å². The number of rotatable bonds is 4. The number of methoxy groups -OCH3 is 1. The van der Waals surface area contributed by atoms with Crippen molar-refractivity contribution in [1.29, 1.82) is 0 Å². The first kappa shape index (κ1) is 16.2. The number of likely N-dealkylation sites (tertiary alicyclic amines) is 1. The minimum atomic E-state index is 0.363. The fraction of sp³-hybridized carbons (Fsp3) is 0.450. The summed E-state index contributed by atoms with van der Waals surface area (Å²) in [6, 6.07) is 10.5. The highest BCUT2D eigenvalue weighted by molar-refractivity contribution is 5.51. The Bertz CT molecular complexity index is 720. The molecule has 2 aliphatic rings. The van der Waals surface area contributed by atoms with Crippen molar-refractivity contribution >= 4 is 0 Å². The Hall–Kier alpha value is -2.27. The van der Waals surface area contributed by atoms with Crippen molar-refractivity contribution in [2.75, 3.05) is 26.9 Å². The van der Waals surface area contributed by atoms with E-state index < -0.39 is 0 Å². The van der Waals surface area contributed by atoms with Gasteiger partial charge in [-0.2, -0.15) is 0 Å². The molecule has 1 saturated heterocycles. The molecule has 1 atom stereocenters. The van der Waals surface area contributed by atoms with Crippen LogP contribution in [0.4, 0.5) is 0 Å². The van der Waals surface area contributed by atoms with Gasteiger partial charge in [0, 0.05) is 30.8 Å². The summed E-state index contributed by atoms with van der Waals surface area (Å²) in [7, 11) is 1.71. The first-order valence-electron chi connectivity index (χ1n) is 8.96. The molecule has 0 N–H and O–H groups in total. The van der Waals surface area contributed by atoms with E-state index in [0.29, 0.717) is 19.3 Å². The summed E-state index contributed by atoms with van der Waals surface area (Å²) in [6.45, 7) is 3.27. The van der Waals surface area contributed by atoms with Crippen LogP contribution >= 0.6 is 0 Å². The molecule has 0 spiro atoms. The van der Waals surface area contributed by atoms with Crippen LogP contribution in [0.15, 0.2) is 36.5 Å². The number of nitrogens with zero attached hydrogens (tertiary/aromatic N) is 2. The van der Waals surface area contributed by atoms with E-state index in [0.717, 1.165) is 54.4 Å². The number of ether oxygens (including phenoxy) is 3. The van der Waals surface area contributed by atoms with Gasteiger partial charge in [-0.25, -0.2) is 0 Å². The molecule has 1 fully saturated rings. The van der Waals surface area contributed by atoms with Gasteiger partial charge in [-0.15, -0.1) is 0 Å². The molecule has 132 valence electrons. The summed E-state index contributed by atoms with van der Waals surface area (Å²) in [4.78, 5) is 7.04. The van der Waals surface area contributed by atoms with Crippen molar-refractivity contribution < 1.29 is 14.2 Å². The second kappa shape index (κ2) is 7.31. The lowest BCUT2D eigenvalue weighted by molar-refractivity contribution is 0.239. The van der Waals surface area contributed by atoms with Gasteiger partial charge in [-0.1, -0.05) is 6.07 Å². The fourth-order valence-corrected chi connectivity index (χ4v) is 3.69. The molecule has 2 aromatic rings. The molecule has 2 aliphatic heterocycles. The van der Waals surface area contributed by atoms with Crippen molar-refractivity contribution in [3.63, 3.8) is 0 Å². The number of hydrogen-bond acceptors (Lipinski definition) is 5. The van der Waals surface area contributed by atoms with Gasteiger partial charge < -0.3 is 14.2 Å². The van der Waals surface area contributed by atoms with Crippen molar-refractivity contribution in [1.82, 2.24) is 9.88 Å². The Morgan fingerprint density at radius 2 is 2.00 bits per heavy atom. The molecule has 1 aromatic heterocycles. The Labute approximate surface area is 148 Å². The maximum Gasteiger partial charge on any atom is 0.164 e. The fourth-order valence-electron chi connectivity index (χ4n) is 3.69. The Balaban J connectivity index is 1.60. The minimum Gasteiger partial charge on any atom is -0.496 e. The quantitative estimate of drug-likeness (QED) is 0.851. The largest absolute Gasteiger partial charge is 0.496 e. The van der Waals surface area contributed by atoms with Crippen molar-refractivity contribution in [3.8, 4) is 17.2 Å². The lowest BCUT2D eigenvalue weighted by Gasteiger charge is -2.25. The predicted octanol–water partition coefficient (Wildman–Crippen LogP) is 3.59. The molecule has 5 nitrogen and oxygen atoms in total. The van der Waals surface area contributed by atoms with Gasteiger partial charge in [-0.05, 0) is 37.6 Å². The standard InChI is InChI=1S/C20H24N2O3/c1-23-18-13-20-19(24-10-5-11-25-20)12-15(18)14-22-9-4-7-17(22)16-6-2-3-8-21-16/h2-3,6,8,12-13,17H,4-5,7,9-11,14H2,1H3. The van der Waals surface area contributed by atoms with Crippen molar-refractivity contribution in [3.05, 3.63) is 47.8 Å². The lowest BCUT2D eigenvalue weighted by Crippen LogP contribution is -2.23. The highest BCUT2D eigenvalue weighted by atomic mass is 16.5. The molecule has 0 amide bonds. The molecule has 0 bridgehead atoms. The zero-order chi connectivity index (χ0) is 17.1. The first-order chi connectivity index (χ1) is 12.3. The molecule has 1 unspecified atom stereocenters. The number of benzene rings is 1. The number of hydrogen-bond donors (Lipinski definition) is 0. The van der Waals surface area contributed by atoms with Crippen LogP contribution in [0.1, 0.15) is 36.6 Å². The van der Waals surface area contributed by atoms with Gasteiger partial charge in [0.2, 0.25) is 0 Å². The van der Waals surface area contributed by atoms with E-state index in [1.54, 1.807) is 7.11 Å². The third kappa shape index (κ3) is 3.42. The molecular weight excluding hydrogens is 316 g/mol. The van der Waals surface area contributed by atoms with Crippen LogP contribution in [0.25, 0.3) is 0 Å². The predicted molar refractivity (Wildman–Crippen MR) is 95.2 cm³/mol. The summed E-state index contributed by atoms with van der Waals surface area (Å²) in [5.41, 5.74) is 2.28. The van der Waals surface area contributed by atoms with Crippen LogP contribution in [0.5, 0.6) is 17.2 Å². The molecule has 4 rings (SSSR count). The molecule has 25 heavy (non-hydrogen) atoms. The van der Waals surface area contributed by atoms with Gasteiger partial charge in [-0.3, -0.25) is 9.88 Å². The Kier molecular flexibility index (Phi) is 4.74. The second-order valence-corrected chi connectivity index (χ2v) is 6.54. The SMILES string of the molecule is COc1cc2c(cc1CN1CCCC1c1ccccn1)OCCCO2. The number of pyridine rings is 1. The molecular formula is C20H24N2O3. The van der Waals surface area contributed by atoms with E-state index in [1.165, 1.54) is 6.42 Å². The summed E-state index contributed by atoms with van der Waals surface area (Å²) in [6.07, 6.45) is 5.11. The van der Waals surface area contributed by atoms with Crippen LogP contribution in [-0.4, -0.2) is 36.8 Å². The number of aromatic nitrogens is 1. The molecule has 5 heteroatoms. The van der Waals surface area contributed by atoms with E-state index >= 15 is 0 Å². The Morgan fingerprint density at radius 3 is 2.76 bits per heavy atom. The summed E-state index contributed by atoms with van der Waals surface area (Å²) < 4.78 is 17.3. The lowest BCUT2D eigenvalue weighted by atomic mass is 10.1. The van der Waals surface area contributed by atoms with E-state index in [1.807, 2.05) is 18.3 Å². The molecule has 0 saturated carbocycles. The highest BCUT2D eigenvalue weighted by Gasteiger charge is 2.28. The van der Waals surface area contributed by atoms with Crippen LogP contribution in [0.3, 0.4) is 0 Å². The zero-order valence-corrected chi connectivity index (χ0v) is 14.6.